The van der Waals surface area contributed by atoms with Crippen molar-refractivity contribution in [3.8, 4) is 11.8 Å². The Balaban J connectivity index is 1.59. The molecule has 1 saturated heterocycles. The lowest BCUT2D eigenvalue weighted by Gasteiger charge is -2.19. The maximum atomic E-state index is 13.6. The third kappa shape index (κ3) is 6.73. The second kappa shape index (κ2) is 10.2. The number of aromatic nitrogens is 1. The molecule has 3 rings (SSSR count). The maximum absolute atomic E-state index is 13.6. The lowest BCUT2D eigenvalue weighted by molar-refractivity contribution is -0.274. The van der Waals surface area contributed by atoms with Crippen molar-refractivity contribution >= 4 is 11.7 Å². The third-order valence-corrected chi connectivity index (χ3v) is 5.35. The number of benzene rings is 1. The summed E-state index contributed by atoms with van der Waals surface area (Å²) >= 11 is 0. The molecule has 0 aliphatic carbocycles. The lowest BCUT2D eigenvalue weighted by Crippen LogP contribution is -2.36. The summed E-state index contributed by atoms with van der Waals surface area (Å²) in [5, 5.41) is 9.02. The average molecular weight is 481 g/mol. The first-order valence-corrected chi connectivity index (χ1v) is 10.3. The van der Waals surface area contributed by atoms with Crippen LogP contribution in [0.3, 0.4) is 0 Å². The van der Waals surface area contributed by atoms with Gasteiger partial charge in [-0.1, -0.05) is 12.1 Å². The molecular formula is C23H20F5N3O3. The molecule has 0 radical (unpaired) electrons. The average Bonchev–Trinajstić information content (AvgIpc) is 3.10. The quantitative estimate of drug-likeness (QED) is 0.410. The number of alkyl halides is 5. The van der Waals surface area contributed by atoms with Gasteiger partial charge in [-0.05, 0) is 42.2 Å². The first-order chi connectivity index (χ1) is 16.0. The molecule has 1 fully saturated rings. The van der Waals surface area contributed by atoms with Crippen LogP contribution >= 0.6 is 0 Å². The van der Waals surface area contributed by atoms with Gasteiger partial charge in [0.15, 0.2) is 5.78 Å². The number of nitriles is 1. The maximum Gasteiger partial charge on any atom is 0.573 e. The Labute approximate surface area is 191 Å². The molecule has 34 heavy (non-hydrogen) atoms. The molecule has 0 unspecified atom stereocenters. The molecule has 1 amide bonds. The zero-order chi connectivity index (χ0) is 24.9. The van der Waals surface area contributed by atoms with Crippen molar-refractivity contribution in [2.45, 2.75) is 50.4 Å². The smallest absolute Gasteiger partial charge is 0.406 e. The Morgan fingerprint density at radius 1 is 1.15 bits per heavy atom. The molecule has 0 bridgehead atoms. The number of carbonyl (C=O) groups is 2. The predicted molar refractivity (Wildman–Crippen MR) is 109 cm³/mol. The van der Waals surface area contributed by atoms with Gasteiger partial charge in [-0.25, -0.2) is 8.78 Å². The van der Waals surface area contributed by atoms with Crippen LogP contribution in [0.4, 0.5) is 22.0 Å². The molecule has 0 spiro atoms. The van der Waals surface area contributed by atoms with Crippen molar-refractivity contribution in [1.82, 2.24) is 9.88 Å². The Morgan fingerprint density at radius 2 is 1.85 bits per heavy atom. The van der Waals surface area contributed by atoms with E-state index in [1.165, 1.54) is 42.7 Å². The Kier molecular flexibility index (Phi) is 7.49. The summed E-state index contributed by atoms with van der Waals surface area (Å²) in [7, 11) is 0. The molecule has 2 aromatic rings. The van der Waals surface area contributed by atoms with Gasteiger partial charge in [0.25, 0.3) is 5.92 Å². The number of amides is 1. The summed E-state index contributed by atoms with van der Waals surface area (Å²) in [5.74, 6) is -4.53. The minimum atomic E-state index is -4.78. The second-order valence-corrected chi connectivity index (χ2v) is 7.87. The van der Waals surface area contributed by atoms with Crippen molar-refractivity contribution in [2.75, 3.05) is 6.54 Å². The third-order valence-electron chi connectivity index (χ3n) is 5.35. The van der Waals surface area contributed by atoms with Gasteiger partial charge < -0.3 is 9.64 Å². The number of carbonyl (C=O) groups excluding carboxylic acids is 2. The van der Waals surface area contributed by atoms with Crippen molar-refractivity contribution in [2.24, 2.45) is 0 Å². The lowest BCUT2D eigenvalue weighted by atomic mass is 9.97. The molecular weight excluding hydrogens is 461 g/mol. The topological polar surface area (TPSA) is 83.3 Å². The molecule has 180 valence electrons. The van der Waals surface area contributed by atoms with Crippen molar-refractivity contribution in [3.63, 3.8) is 0 Å². The van der Waals surface area contributed by atoms with Gasteiger partial charge in [0.05, 0.1) is 12.6 Å². The van der Waals surface area contributed by atoms with E-state index < -0.39 is 37.2 Å². The minimum absolute atomic E-state index is 0.223. The summed E-state index contributed by atoms with van der Waals surface area (Å²) in [6, 6.07) is 7.32. The molecule has 0 saturated carbocycles. The van der Waals surface area contributed by atoms with Crippen LogP contribution in [0.25, 0.3) is 0 Å². The fourth-order valence-corrected chi connectivity index (χ4v) is 3.73. The number of aryl methyl sites for hydroxylation is 2. The van der Waals surface area contributed by atoms with E-state index in [1.54, 1.807) is 6.07 Å². The van der Waals surface area contributed by atoms with E-state index in [0.29, 0.717) is 29.5 Å². The zero-order valence-electron chi connectivity index (χ0n) is 17.8. The highest BCUT2D eigenvalue weighted by Gasteiger charge is 2.47. The number of nitrogens with zero attached hydrogens (tertiary/aromatic N) is 3. The van der Waals surface area contributed by atoms with E-state index >= 15 is 0 Å². The van der Waals surface area contributed by atoms with Gasteiger partial charge in [-0.2, -0.15) is 5.26 Å². The normalized spacial score (nSPS) is 17.3. The van der Waals surface area contributed by atoms with E-state index in [9.17, 15) is 31.5 Å². The van der Waals surface area contributed by atoms with Gasteiger partial charge in [0.2, 0.25) is 5.91 Å². The van der Waals surface area contributed by atoms with E-state index in [1.807, 2.05) is 0 Å². The van der Waals surface area contributed by atoms with Crippen LogP contribution in [0.2, 0.25) is 0 Å². The SMILES string of the molecule is N#C[C@@H]1CC(F)(F)CN1C(=O)CCC(=O)c1ccncc1CCc1ccc(OC(F)(F)F)cc1. The molecule has 11 heteroatoms. The summed E-state index contributed by atoms with van der Waals surface area (Å²) in [4.78, 5) is 29.9. The molecule has 1 aliphatic heterocycles. The number of ketones is 1. The van der Waals surface area contributed by atoms with Crippen LogP contribution in [-0.4, -0.2) is 46.4 Å². The van der Waals surface area contributed by atoms with E-state index in [2.05, 4.69) is 9.72 Å². The van der Waals surface area contributed by atoms with Crippen LogP contribution in [0.1, 0.15) is 40.7 Å². The van der Waals surface area contributed by atoms with Crippen LogP contribution in [-0.2, 0) is 17.6 Å². The van der Waals surface area contributed by atoms with E-state index in [4.69, 9.17) is 5.26 Å². The fraction of sp³-hybridized carbons (Fsp3) is 0.391. The molecule has 2 heterocycles. The fourth-order valence-electron chi connectivity index (χ4n) is 3.73. The zero-order valence-corrected chi connectivity index (χ0v) is 17.8. The largest absolute Gasteiger partial charge is 0.573 e. The highest BCUT2D eigenvalue weighted by Crippen LogP contribution is 2.32. The van der Waals surface area contributed by atoms with Gasteiger partial charge in [0, 0.05) is 37.2 Å². The van der Waals surface area contributed by atoms with Gasteiger partial charge in [0.1, 0.15) is 11.8 Å². The highest BCUT2D eigenvalue weighted by molar-refractivity contribution is 5.99. The second-order valence-electron chi connectivity index (χ2n) is 7.87. The number of halogens is 5. The van der Waals surface area contributed by atoms with Crippen LogP contribution in [0.5, 0.6) is 5.75 Å². The molecule has 6 nitrogen and oxygen atoms in total. The number of Topliss-reactive ketones (excluding diaryl/α,β-unsaturated/α-hetero) is 1. The van der Waals surface area contributed by atoms with Gasteiger partial charge in [-0.3, -0.25) is 14.6 Å². The van der Waals surface area contributed by atoms with Crippen molar-refractivity contribution < 1.29 is 36.3 Å². The number of ether oxygens (including phenoxy) is 1. The van der Waals surface area contributed by atoms with E-state index in [-0.39, 0.29) is 24.4 Å². The summed E-state index contributed by atoms with van der Waals surface area (Å²) in [6.07, 6.45) is -2.37. The number of pyridine rings is 1. The molecule has 1 aromatic carbocycles. The Hall–Kier alpha value is -3.55. The van der Waals surface area contributed by atoms with Crippen LogP contribution in [0, 0.1) is 11.3 Å². The number of hydrogen-bond acceptors (Lipinski definition) is 5. The molecule has 0 N–H and O–H groups in total. The van der Waals surface area contributed by atoms with Gasteiger partial charge in [-0.15, -0.1) is 13.2 Å². The monoisotopic (exact) mass is 481 g/mol. The molecule has 1 aliphatic rings. The first kappa shape index (κ1) is 25.1. The Bertz CT molecular complexity index is 1080. The Morgan fingerprint density at radius 3 is 2.50 bits per heavy atom. The number of rotatable bonds is 8. The number of hydrogen-bond donors (Lipinski definition) is 0. The summed E-state index contributed by atoms with van der Waals surface area (Å²) < 4.78 is 67.8. The van der Waals surface area contributed by atoms with Gasteiger partial charge >= 0.3 is 6.36 Å². The van der Waals surface area contributed by atoms with Crippen LogP contribution < -0.4 is 4.74 Å². The summed E-state index contributed by atoms with van der Waals surface area (Å²) in [6.45, 7) is -0.842. The predicted octanol–water partition coefficient (Wildman–Crippen LogP) is 4.49. The minimum Gasteiger partial charge on any atom is -0.406 e. The first-order valence-electron chi connectivity index (χ1n) is 10.3. The summed E-state index contributed by atoms with van der Waals surface area (Å²) in [5.41, 5.74) is 1.62. The highest BCUT2D eigenvalue weighted by atomic mass is 19.4. The van der Waals surface area contributed by atoms with Crippen LogP contribution in [0.15, 0.2) is 42.7 Å². The molecule has 1 aromatic heterocycles. The standard InChI is InChI=1S/C23H20F5N3O3/c24-22(25)11-17(12-29)31(14-22)21(33)8-7-20(32)19-9-10-30-13-16(19)4-1-15-2-5-18(6-3-15)34-23(26,27)28/h2-3,5-6,9-10,13,17H,1,4,7-8,11,14H2/t17-/m0/s1. The number of likely N-dealkylation sites (tertiary alicyclic amines) is 1. The van der Waals surface area contributed by atoms with E-state index in [0.717, 1.165) is 4.90 Å². The van der Waals surface area contributed by atoms with Crippen molar-refractivity contribution in [3.05, 3.63) is 59.4 Å². The molecule has 1 atom stereocenters. The van der Waals surface area contributed by atoms with Crippen molar-refractivity contribution in [1.29, 1.82) is 5.26 Å².